The van der Waals surface area contributed by atoms with Crippen molar-refractivity contribution in [2.24, 2.45) is 5.92 Å². The van der Waals surface area contributed by atoms with E-state index < -0.39 is 0 Å². The minimum atomic E-state index is -0.0312. The van der Waals surface area contributed by atoms with Crippen molar-refractivity contribution in [3.05, 3.63) is 35.6 Å². The largest absolute Gasteiger partial charge is 0.311 e. The third-order valence-electron chi connectivity index (χ3n) is 5.34. The minimum absolute atomic E-state index is 0.0312. The molecule has 3 rings (SSSR count). The SMILES string of the molecule is C[C@@H](NC1CC(c2ccccc2F)C1)C1CCCCC1. The predicted octanol–water partition coefficient (Wildman–Crippen LogP) is 4.63. The highest BCUT2D eigenvalue weighted by atomic mass is 19.1. The molecule has 110 valence electrons. The van der Waals surface area contributed by atoms with E-state index in [4.69, 9.17) is 0 Å². The first kappa shape index (κ1) is 14.1. The molecule has 2 aliphatic rings. The Morgan fingerprint density at radius 1 is 1.10 bits per heavy atom. The molecule has 1 aromatic rings. The lowest BCUT2D eigenvalue weighted by Crippen LogP contribution is -2.47. The lowest BCUT2D eigenvalue weighted by Gasteiger charge is -2.40. The van der Waals surface area contributed by atoms with Gasteiger partial charge in [-0.05, 0) is 56.1 Å². The highest BCUT2D eigenvalue weighted by molar-refractivity contribution is 5.24. The van der Waals surface area contributed by atoms with Gasteiger partial charge in [-0.1, -0.05) is 37.5 Å². The Bertz CT molecular complexity index is 433. The van der Waals surface area contributed by atoms with Crippen LogP contribution in [0, 0.1) is 11.7 Å². The maximum absolute atomic E-state index is 13.7. The molecule has 0 saturated heterocycles. The molecule has 2 heteroatoms. The summed E-state index contributed by atoms with van der Waals surface area (Å²) < 4.78 is 13.7. The Labute approximate surface area is 122 Å². The molecule has 0 radical (unpaired) electrons. The van der Waals surface area contributed by atoms with Crippen molar-refractivity contribution < 1.29 is 4.39 Å². The maximum atomic E-state index is 13.7. The summed E-state index contributed by atoms with van der Waals surface area (Å²) in [5.41, 5.74) is 0.913. The topological polar surface area (TPSA) is 12.0 Å². The summed E-state index contributed by atoms with van der Waals surface area (Å²) in [7, 11) is 0. The predicted molar refractivity (Wildman–Crippen MR) is 81.3 cm³/mol. The molecule has 20 heavy (non-hydrogen) atoms. The summed E-state index contributed by atoms with van der Waals surface area (Å²) in [6.07, 6.45) is 9.19. The Hall–Kier alpha value is -0.890. The van der Waals surface area contributed by atoms with Gasteiger partial charge in [-0.3, -0.25) is 0 Å². The van der Waals surface area contributed by atoms with Crippen LogP contribution in [-0.2, 0) is 0 Å². The molecule has 1 aromatic carbocycles. The Kier molecular flexibility index (Phi) is 4.40. The summed E-state index contributed by atoms with van der Waals surface area (Å²) >= 11 is 0. The molecule has 2 fully saturated rings. The fourth-order valence-electron chi connectivity index (χ4n) is 3.96. The lowest BCUT2D eigenvalue weighted by atomic mass is 9.74. The zero-order chi connectivity index (χ0) is 13.9. The molecule has 0 bridgehead atoms. The molecule has 1 atom stereocenters. The van der Waals surface area contributed by atoms with Gasteiger partial charge < -0.3 is 5.32 Å². The van der Waals surface area contributed by atoms with Crippen LogP contribution >= 0.6 is 0 Å². The van der Waals surface area contributed by atoms with Crippen molar-refractivity contribution in [3.8, 4) is 0 Å². The van der Waals surface area contributed by atoms with E-state index in [-0.39, 0.29) is 5.82 Å². The van der Waals surface area contributed by atoms with Crippen molar-refractivity contribution in [2.75, 3.05) is 0 Å². The van der Waals surface area contributed by atoms with Crippen molar-refractivity contribution in [1.82, 2.24) is 5.32 Å². The second-order valence-electron chi connectivity index (χ2n) is 6.74. The molecular weight excluding hydrogens is 249 g/mol. The van der Waals surface area contributed by atoms with Gasteiger partial charge in [0, 0.05) is 12.1 Å². The molecule has 0 amide bonds. The monoisotopic (exact) mass is 275 g/mol. The highest BCUT2D eigenvalue weighted by Crippen LogP contribution is 2.39. The van der Waals surface area contributed by atoms with Gasteiger partial charge in [0.2, 0.25) is 0 Å². The highest BCUT2D eigenvalue weighted by Gasteiger charge is 2.33. The van der Waals surface area contributed by atoms with Crippen molar-refractivity contribution in [2.45, 2.75) is 69.9 Å². The third kappa shape index (κ3) is 3.06. The summed E-state index contributed by atoms with van der Waals surface area (Å²) in [4.78, 5) is 0. The fraction of sp³-hybridized carbons (Fsp3) is 0.667. The second-order valence-corrected chi connectivity index (χ2v) is 6.74. The molecule has 1 nitrogen and oxygen atoms in total. The van der Waals surface area contributed by atoms with Crippen LogP contribution in [0.4, 0.5) is 4.39 Å². The standard InChI is InChI=1S/C18H26FN/c1-13(14-7-3-2-4-8-14)20-16-11-15(12-16)17-9-5-6-10-18(17)19/h5-6,9-10,13-16,20H,2-4,7-8,11-12H2,1H3/t13-,15?,16?/m1/s1. The van der Waals surface area contributed by atoms with Crippen molar-refractivity contribution in [3.63, 3.8) is 0 Å². The minimum Gasteiger partial charge on any atom is -0.311 e. The van der Waals surface area contributed by atoms with Crippen LogP contribution in [0.25, 0.3) is 0 Å². The van der Waals surface area contributed by atoms with Crippen LogP contribution in [0.1, 0.15) is 63.4 Å². The molecule has 2 saturated carbocycles. The van der Waals surface area contributed by atoms with Gasteiger partial charge in [0.1, 0.15) is 5.82 Å². The molecule has 0 unspecified atom stereocenters. The third-order valence-corrected chi connectivity index (χ3v) is 5.34. The summed E-state index contributed by atoms with van der Waals surface area (Å²) in [6, 6.07) is 8.47. The van der Waals surface area contributed by atoms with Crippen LogP contribution in [0.15, 0.2) is 24.3 Å². The quantitative estimate of drug-likeness (QED) is 0.844. The second kappa shape index (κ2) is 6.26. The first-order valence-corrected chi connectivity index (χ1v) is 8.24. The van der Waals surface area contributed by atoms with Crippen molar-refractivity contribution in [1.29, 1.82) is 0 Å². The van der Waals surface area contributed by atoms with Gasteiger partial charge in [-0.2, -0.15) is 0 Å². The lowest BCUT2D eigenvalue weighted by molar-refractivity contribution is 0.209. The summed E-state index contributed by atoms with van der Waals surface area (Å²) in [5.74, 6) is 1.25. The Balaban J connectivity index is 1.47. The van der Waals surface area contributed by atoms with Crippen LogP contribution in [0.3, 0.4) is 0 Å². The molecule has 0 aliphatic heterocycles. The van der Waals surface area contributed by atoms with E-state index in [9.17, 15) is 4.39 Å². The molecule has 1 N–H and O–H groups in total. The Morgan fingerprint density at radius 2 is 1.80 bits per heavy atom. The van der Waals surface area contributed by atoms with Crippen LogP contribution < -0.4 is 5.32 Å². The number of hydrogen-bond acceptors (Lipinski definition) is 1. The fourth-order valence-corrected chi connectivity index (χ4v) is 3.96. The normalized spacial score (nSPS) is 28.9. The van der Waals surface area contributed by atoms with Crippen LogP contribution in [0.2, 0.25) is 0 Å². The van der Waals surface area contributed by atoms with Gasteiger partial charge in [0.15, 0.2) is 0 Å². The summed E-state index contributed by atoms with van der Waals surface area (Å²) in [5, 5.41) is 3.78. The van der Waals surface area contributed by atoms with Crippen molar-refractivity contribution >= 4 is 0 Å². The maximum Gasteiger partial charge on any atom is 0.126 e. The number of benzene rings is 1. The molecule has 0 spiro atoms. The molecular formula is C18H26FN. The summed E-state index contributed by atoms with van der Waals surface area (Å²) in [6.45, 7) is 2.34. The van der Waals surface area contributed by atoms with Gasteiger partial charge in [0.05, 0.1) is 0 Å². The van der Waals surface area contributed by atoms with Crippen LogP contribution in [-0.4, -0.2) is 12.1 Å². The molecule has 0 heterocycles. The number of rotatable bonds is 4. The zero-order valence-electron chi connectivity index (χ0n) is 12.4. The molecule has 2 aliphatic carbocycles. The van der Waals surface area contributed by atoms with E-state index >= 15 is 0 Å². The van der Waals surface area contributed by atoms with E-state index in [1.807, 2.05) is 12.1 Å². The first-order valence-electron chi connectivity index (χ1n) is 8.24. The average molecular weight is 275 g/mol. The number of hydrogen-bond donors (Lipinski definition) is 1. The smallest absolute Gasteiger partial charge is 0.126 e. The van der Waals surface area contributed by atoms with Gasteiger partial charge >= 0.3 is 0 Å². The first-order chi connectivity index (χ1) is 9.74. The molecule has 0 aromatic heterocycles. The zero-order valence-corrected chi connectivity index (χ0v) is 12.4. The Morgan fingerprint density at radius 3 is 2.50 bits per heavy atom. The van der Waals surface area contributed by atoms with E-state index in [1.165, 1.54) is 32.1 Å². The van der Waals surface area contributed by atoms with Crippen LogP contribution in [0.5, 0.6) is 0 Å². The number of nitrogens with one attached hydrogen (secondary N) is 1. The van der Waals surface area contributed by atoms with E-state index in [2.05, 4.69) is 12.2 Å². The average Bonchev–Trinajstić information content (AvgIpc) is 2.44. The number of halogens is 1. The van der Waals surface area contributed by atoms with E-state index in [1.54, 1.807) is 12.1 Å². The van der Waals surface area contributed by atoms with Gasteiger partial charge in [-0.15, -0.1) is 0 Å². The van der Waals surface area contributed by atoms with Gasteiger partial charge in [-0.25, -0.2) is 4.39 Å². The van der Waals surface area contributed by atoms with E-state index in [0.29, 0.717) is 18.0 Å². The van der Waals surface area contributed by atoms with E-state index in [0.717, 1.165) is 24.3 Å². The van der Waals surface area contributed by atoms with Gasteiger partial charge in [0.25, 0.3) is 0 Å².